The first-order valence-electron chi connectivity index (χ1n) is 11.1. The second-order valence-corrected chi connectivity index (χ2v) is 9.35. The van der Waals surface area contributed by atoms with Crippen molar-refractivity contribution in [2.24, 2.45) is 17.3 Å². The fourth-order valence-electron chi connectivity index (χ4n) is 5.93. The third kappa shape index (κ3) is 3.78. The summed E-state index contributed by atoms with van der Waals surface area (Å²) in [7, 11) is 2.03. The summed E-state index contributed by atoms with van der Waals surface area (Å²) in [6.45, 7) is 0.460. The standard InChI is InChI=1S/C25H27BO5/c26-22-20-21(23(28)30-15-18-9-5-2-6-10-18)25(31-22,16-24(20)11-12-24)13-19(27)29-14-17-7-3-1-4-8-17/h1-10,20-22H,11-16,26H2/t20?,21?,22-,25+/m1/s1. The Morgan fingerprint density at radius 2 is 1.52 bits per heavy atom. The van der Waals surface area contributed by atoms with Crippen molar-refractivity contribution in [1.82, 2.24) is 0 Å². The van der Waals surface area contributed by atoms with E-state index in [1.807, 2.05) is 68.5 Å². The van der Waals surface area contributed by atoms with Gasteiger partial charge in [-0.15, -0.1) is 0 Å². The number of carbonyl (C=O) groups is 2. The third-order valence-electron chi connectivity index (χ3n) is 7.27. The predicted molar refractivity (Wildman–Crippen MR) is 117 cm³/mol. The molecule has 6 heteroatoms. The molecule has 0 amide bonds. The van der Waals surface area contributed by atoms with Gasteiger partial charge in [-0.05, 0) is 41.7 Å². The van der Waals surface area contributed by atoms with Crippen LogP contribution in [-0.4, -0.2) is 31.4 Å². The molecular formula is C25H27BO5. The number of rotatable bonds is 7. The molecule has 0 radical (unpaired) electrons. The Hall–Kier alpha value is -2.60. The van der Waals surface area contributed by atoms with Crippen LogP contribution in [0.1, 0.15) is 36.8 Å². The van der Waals surface area contributed by atoms with Crippen LogP contribution in [0.15, 0.2) is 60.7 Å². The molecule has 2 aliphatic carbocycles. The van der Waals surface area contributed by atoms with Crippen molar-refractivity contribution in [3.63, 3.8) is 0 Å². The molecule has 1 aliphatic heterocycles. The number of hydrogen-bond donors (Lipinski definition) is 0. The smallest absolute Gasteiger partial charge is 0.312 e. The van der Waals surface area contributed by atoms with Gasteiger partial charge in [0, 0.05) is 6.00 Å². The molecule has 0 N–H and O–H groups in total. The summed E-state index contributed by atoms with van der Waals surface area (Å²) in [6.07, 6.45) is 3.01. The Bertz CT molecular complexity index is 958. The molecule has 2 aromatic rings. The van der Waals surface area contributed by atoms with Crippen molar-refractivity contribution in [2.45, 2.75) is 50.5 Å². The highest BCUT2D eigenvalue weighted by Crippen LogP contribution is 2.72. The number of benzene rings is 2. The van der Waals surface area contributed by atoms with E-state index in [9.17, 15) is 9.59 Å². The van der Waals surface area contributed by atoms with E-state index in [-0.39, 0.29) is 48.9 Å². The first-order valence-corrected chi connectivity index (χ1v) is 11.1. The minimum Gasteiger partial charge on any atom is -0.461 e. The van der Waals surface area contributed by atoms with Crippen molar-refractivity contribution in [3.8, 4) is 0 Å². The lowest BCUT2D eigenvalue weighted by atomic mass is 9.75. The van der Waals surface area contributed by atoms with Crippen LogP contribution in [0, 0.1) is 17.3 Å². The van der Waals surface area contributed by atoms with Gasteiger partial charge in [-0.3, -0.25) is 9.59 Å². The van der Waals surface area contributed by atoms with Crippen LogP contribution < -0.4 is 0 Å². The van der Waals surface area contributed by atoms with E-state index in [0.717, 1.165) is 30.4 Å². The summed E-state index contributed by atoms with van der Waals surface area (Å²) in [5.74, 6) is -0.885. The topological polar surface area (TPSA) is 61.8 Å². The molecule has 2 aromatic carbocycles. The van der Waals surface area contributed by atoms with Crippen LogP contribution in [0.4, 0.5) is 0 Å². The number of fused-ring (bicyclic) bond motifs is 3. The summed E-state index contributed by atoms with van der Waals surface area (Å²) in [6, 6.07) is 19.2. The molecule has 3 fully saturated rings. The molecule has 1 saturated heterocycles. The predicted octanol–water partition coefficient (Wildman–Crippen LogP) is 3.01. The summed E-state index contributed by atoms with van der Waals surface area (Å²) >= 11 is 0. The average molecular weight is 418 g/mol. The molecule has 2 bridgehead atoms. The van der Waals surface area contributed by atoms with E-state index >= 15 is 0 Å². The van der Waals surface area contributed by atoms with E-state index < -0.39 is 11.5 Å². The average Bonchev–Trinajstić information content (AvgIpc) is 3.39. The van der Waals surface area contributed by atoms with Gasteiger partial charge in [-0.25, -0.2) is 0 Å². The maximum absolute atomic E-state index is 13.3. The van der Waals surface area contributed by atoms with Gasteiger partial charge in [0.15, 0.2) is 0 Å². The van der Waals surface area contributed by atoms with Crippen molar-refractivity contribution in [3.05, 3.63) is 71.8 Å². The SMILES string of the molecule is B[C@@H]1O[C@@]2(CC(=O)OCc3ccccc3)CC3(CC3)C1C2C(=O)OCc1ccccc1. The first-order chi connectivity index (χ1) is 15.0. The molecule has 1 heterocycles. The molecule has 160 valence electrons. The molecule has 4 atom stereocenters. The summed E-state index contributed by atoms with van der Waals surface area (Å²) in [5.41, 5.74) is 1.19. The molecule has 2 unspecified atom stereocenters. The minimum absolute atomic E-state index is 0.0625. The molecule has 0 aromatic heterocycles. The largest absolute Gasteiger partial charge is 0.461 e. The van der Waals surface area contributed by atoms with E-state index in [1.54, 1.807) is 0 Å². The van der Waals surface area contributed by atoms with Crippen LogP contribution in [0.5, 0.6) is 0 Å². The maximum Gasteiger partial charge on any atom is 0.312 e. The van der Waals surface area contributed by atoms with Crippen LogP contribution in [0.2, 0.25) is 0 Å². The van der Waals surface area contributed by atoms with E-state index in [1.165, 1.54) is 0 Å². The van der Waals surface area contributed by atoms with Gasteiger partial charge < -0.3 is 14.2 Å². The Morgan fingerprint density at radius 3 is 2.10 bits per heavy atom. The van der Waals surface area contributed by atoms with Crippen molar-refractivity contribution in [1.29, 1.82) is 0 Å². The Balaban J connectivity index is 1.30. The normalized spacial score (nSPS) is 29.6. The zero-order valence-corrected chi connectivity index (χ0v) is 17.8. The summed E-state index contributed by atoms with van der Waals surface area (Å²) in [5, 5.41) is 0. The van der Waals surface area contributed by atoms with Crippen molar-refractivity contribution >= 4 is 19.8 Å². The van der Waals surface area contributed by atoms with E-state index in [0.29, 0.717) is 0 Å². The van der Waals surface area contributed by atoms with Gasteiger partial charge in [-0.1, -0.05) is 60.7 Å². The van der Waals surface area contributed by atoms with Crippen molar-refractivity contribution in [2.75, 3.05) is 0 Å². The molecule has 1 spiro atoms. The highest BCUT2D eigenvalue weighted by atomic mass is 16.6. The molecule has 2 saturated carbocycles. The van der Waals surface area contributed by atoms with Crippen LogP contribution in [0.3, 0.4) is 0 Å². The van der Waals surface area contributed by atoms with Crippen LogP contribution in [-0.2, 0) is 37.0 Å². The highest BCUT2D eigenvalue weighted by Gasteiger charge is 2.75. The molecule has 31 heavy (non-hydrogen) atoms. The second-order valence-electron chi connectivity index (χ2n) is 9.35. The zero-order chi connectivity index (χ0) is 21.5. The number of hydrogen-bond acceptors (Lipinski definition) is 5. The number of esters is 2. The van der Waals surface area contributed by atoms with Gasteiger partial charge in [0.1, 0.15) is 21.1 Å². The Kier molecular flexibility index (Phi) is 5.13. The summed E-state index contributed by atoms with van der Waals surface area (Å²) < 4.78 is 17.6. The maximum atomic E-state index is 13.3. The van der Waals surface area contributed by atoms with Gasteiger partial charge in [0.2, 0.25) is 0 Å². The monoisotopic (exact) mass is 418 g/mol. The Morgan fingerprint density at radius 1 is 0.935 bits per heavy atom. The lowest BCUT2D eigenvalue weighted by molar-refractivity contribution is -0.162. The highest BCUT2D eigenvalue weighted by molar-refractivity contribution is 6.12. The molecule has 5 nitrogen and oxygen atoms in total. The summed E-state index contributed by atoms with van der Waals surface area (Å²) in [4.78, 5) is 26.0. The van der Waals surface area contributed by atoms with Gasteiger partial charge >= 0.3 is 11.9 Å². The van der Waals surface area contributed by atoms with E-state index in [4.69, 9.17) is 14.2 Å². The quantitative estimate of drug-likeness (QED) is 0.511. The Labute approximate surface area is 183 Å². The first kappa shape index (κ1) is 20.3. The van der Waals surface area contributed by atoms with Crippen LogP contribution in [0.25, 0.3) is 0 Å². The van der Waals surface area contributed by atoms with Gasteiger partial charge in [0.25, 0.3) is 0 Å². The second kappa shape index (κ2) is 7.83. The zero-order valence-electron chi connectivity index (χ0n) is 17.8. The lowest BCUT2D eigenvalue weighted by Crippen LogP contribution is -2.41. The van der Waals surface area contributed by atoms with E-state index in [2.05, 4.69) is 0 Å². The van der Waals surface area contributed by atoms with Gasteiger partial charge in [-0.2, -0.15) is 0 Å². The minimum atomic E-state index is -0.817. The number of ether oxygens (including phenoxy) is 3. The number of carbonyl (C=O) groups excluding carboxylic acids is 2. The van der Waals surface area contributed by atoms with Crippen molar-refractivity contribution < 1.29 is 23.8 Å². The lowest BCUT2D eigenvalue weighted by Gasteiger charge is -2.34. The fourth-order valence-corrected chi connectivity index (χ4v) is 5.93. The fraction of sp³-hybridized carbons (Fsp3) is 0.440. The third-order valence-corrected chi connectivity index (χ3v) is 7.27. The van der Waals surface area contributed by atoms with Crippen LogP contribution >= 0.6 is 0 Å². The molecule has 5 rings (SSSR count). The molecule has 3 aliphatic rings. The molecular weight excluding hydrogens is 391 g/mol. The van der Waals surface area contributed by atoms with Gasteiger partial charge in [0.05, 0.1) is 17.9 Å².